The van der Waals surface area contributed by atoms with Gasteiger partial charge in [-0.3, -0.25) is 0 Å². The Labute approximate surface area is 214 Å². The van der Waals surface area contributed by atoms with E-state index in [1.165, 1.54) is 54.9 Å². The quantitative estimate of drug-likeness (QED) is 0.245. The van der Waals surface area contributed by atoms with Crippen LogP contribution in [0.4, 0.5) is 0 Å². The first-order chi connectivity index (χ1) is 12.8. The van der Waals surface area contributed by atoms with Crippen LogP contribution in [0.2, 0.25) is 13.1 Å². The Morgan fingerprint density at radius 1 is 0.600 bits per heavy atom. The van der Waals surface area contributed by atoms with Crippen LogP contribution in [0.25, 0.3) is 22.3 Å². The van der Waals surface area contributed by atoms with Crippen LogP contribution < -0.4 is 35.2 Å². The van der Waals surface area contributed by atoms with Crippen molar-refractivity contribution in [1.29, 1.82) is 0 Å². The molecular formula is C26H26Cl2SiZr. The van der Waals surface area contributed by atoms with Crippen LogP contribution in [0.15, 0.2) is 48.5 Å². The third kappa shape index (κ3) is 4.35. The molecule has 0 radical (unpaired) electrons. The third-order valence-corrected chi connectivity index (χ3v) is 9.66. The standard InChI is InChI=1S/C26H26Si.2ClH.Zr/c1-17-11-7-9-13-21-15-19(3)25(23(17)21)27(5,6)26-20(4)16-22-14-10-8-12-18(2)24(22)26;;;/h7-14H,1-6H3;2*1H;/q-2;;;+4/p-2. The van der Waals surface area contributed by atoms with Crippen LogP contribution >= 0.6 is 0 Å². The second-order valence-corrected chi connectivity index (χ2v) is 12.5. The molecule has 4 aliphatic carbocycles. The zero-order chi connectivity index (χ0) is 19.3. The minimum absolute atomic E-state index is 0. The van der Waals surface area contributed by atoms with Crippen molar-refractivity contribution in [1.82, 2.24) is 0 Å². The van der Waals surface area contributed by atoms with Gasteiger partial charge in [0.1, 0.15) is 0 Å². The summed E-state index contributed by atoms with van der Waals surface area (Å²) in [5.74, 6) is 0. The Bertz CT molecular complexity index is 1020. The Balaban J connectivity index is 0.00000150. The minimum atomic E-state index is -1.97. The largest absolute Gasteiger partial charge is 4.00 e. The van der Waals surface area contributed by atoms with Crippen molar-refractivity contribution in [3.8, 4) is 22.3 Å². The molecule has 4 aliphatic rings. The molecule has 0 aromatic rings. The van der Waals surface area contributed by atoms with Gasteiger partial charge in [0.25, 0.3) is 0 Å². The maximum absolute atomic E-state index is 3.67. The van der Waals surface area contributed by atoms with Crippen molar-refractivity contribution in [3.63, 3.8) is 0 Å². The van der Waals surface area contributed by atoms with Gasteiger partial charge in [-0.25, -0.2) is 0 Å². The fourth-order valence-electron chi connectivity index (χ4n) is 4.93. The van der Waals surface area contributed by atoms with E-state index in [2.05, 4.69) is 101 Å². The molecule has 0 N–H and O–H groups in total. The van der Waals surface area contributed by atoms with Gasteiger partial charge in [0.2, 0.25) is 0 Å². The topological polar surface area (TPSA) is 0 Å². The maximum Gasteiger partial charge on any atom is 4.00 e. The van der Waals surface area contributed by atoms with Crippen molar-refractivity contribution in [2.75, 3.05) is 0 Å². The van der Waals surface area contributed by atoms with E-state index >= 15 is 0 Å². The van der Waals surface area contributed by atoms with Crippen LogP contribution in [-0.4, -0.2) is 8.07 Å². The average molecular weight is 529 g/mol. The molecule has 0 saturated carbocycles. The van der Waals surface area contributed by atoms with E-state index in [1.54, 1.807) is 0 Å². The maximum atomic E-state index is 3.67. The van der Waals surface area contributed by atoms with Crippen molar-refractivity contribution < 1.29 is 51.0 Å². The molecule has 4 heteroatoms. The molecule has 4 rings (SSSR count). The smallest absolute Gasteiger partial charge is 1.00 e. The second-order valence-electron chi connectivity index (χ2n) is 8.25. The monoisotopic (exact) mass is 526 g/mol. The molecule has 0 heterocycles. The summed E-state index contributed by atoms with van der Waals surface area (Å²) in [5.41, 5.74) is 10.6. The van der Waals surface area contributed by atoms with Crippen LogP contribution in [0.1, 0.15) is 22.3 Å². The van der Waals surface area contributed by atoms with E-state index in [9.17, 15) is 0 Å². The predicted molar refractivity (Wildman–Crippen MR) is 119 cm³/mol. The molecule has 0 unspecified atom stereocenters. The van der Waals surface area contributed by atoms with Crippen LogP contribution in [0, 0.1) is 39.8 Å². The number of fused-ring (bicyclic) bond motifs is 2. The predicted octanol–water partition coefficient (Wildman–Crippen LogP) is -0.442. The van der Waals surface area contributed by atoms with Gasteiger partial charge in [-0.15, -0.1) is 58.7 Å². The summed E-state index contributed by atoms with van der Waals surface area (Å²) in [6.07, 6.45) is 0. The number of hydrogen-bond donors (Lipinski definition) is 0. The first-order valence-electron chi connectivity index (χ1n) is 9.65. The van der Waals surface area contributed by atoms with Gasteiger partial charge in [-0.1, -0.05) is 62.3 Å². The molecule has 152 valence electrons. The molecule has 0 aromatic heterocycles. The summed E-state index contributed by atoms with van der Waals surface area (Å²) in [6.45, 7) is 13.9. The number of hydrogen-bond acceptors (Lipinski definition) is 0. The first kappa shape index (κ1) is 27.1. The fourth-order valence-corrected chi connectivity index (χ4v) is 9.09. The van der Waals surface area contributed by atoms with Crippen molar-refractivity contribution in [3.05, 3.63) is 82.9 Å². The summed E-state index contributed by atoms with van der Waals surface area (Å²) in [4.78, 5) is 0. The Hall–Kier alpha value is -0.920. The average Bonchev–Trinajstić information content (AvgIpc) is 3.00. The third-order valence-electron chi connectivity index (χ3n) is 5.91. The first-order valence-corrected chi connectivity index (χ1v) is 12.7. The molecule has 0 amide bonds. The van der Waals surface area contributed by atoms with Crippen LogP contribution in [0.5, 0.6) is 0 Å². The molecule has 0 aliphatic heterocycles. The Morgan fingerprint density at radius 2 is 0.933 bits per heavy atom. The molecule has 0 fully saturated rings. The second kappa shape index (κ2) is 10.1. The van der Waals surface area contributed by atoms with Crippen LogP contribution in [-0.2, 0) is 26.2 Å². The van der Waals surface area contributed by atoms with E-state index < -0.39 is 8.07 Å². The normalized spacial score (nSPS) is 10.9. The van der Waals surface area contributed by atoms with E-state index in [1.807, 2.05) is 0 Å². The van der Waals surface area contributed by atoms with Crippen molar-refractivity contribution in [2.24, 2.45) is 0 Å². The summed E-state index contributed by atoms with van der Waals surface area (Å²) in [7, 11) is -1.97. The number of halogens is 2. The van der Waals surface area contributed by atoms with Gasteiger partial charge in [-0.2, -0.15) is 21.5 Å². The minimum Gasteiger partial charge on any atom is -1.00 e. The van der Waals surface area contributed by atoms with Gasteiger partial charge in [0, 0.05) is 8.07 Å². The van der Waals surface area contributed by atoms with Gasteiger partial charge >= 0.3 is 26.2 Å². The molecule has 0 spiro atoms. The molecule has 0 nitrogen and oxygen atoms in total. The molecule has 0 atom stereocenters. The van der Waals surface area contributed by atoms with Gasteiger partial charge in [0.15, 0.2) is 0 Å². The number of rotatable bonds is 2. The molecule has 0 saturated heterocycles. The fraction of sp³-hybridized carbons (Fsp3) is 0.231. The summed E-state index contributed by atoms with van der Waals surface area (Å²) < 4.78 is 0. The van der Waals surface area contributed by atoms with E-state index in [-0.39, 0.29) is 51.0 Å². The van der Waals surface area contributed by atoms with E-state index in [0.29, 0.717) is 0 Å². The SMILES string of the molecule is Cc1[c-]c2ccccc(C)c-2c1[Si](C)(C)c1c(C)[c-]c2ccccc(C)c1-2.[Cl-].[Cl-].[Zr+4]. The van der Waals surface area contributed by atoms with Gasteiger partial charge in [0.05, 0.1) is 0 Å². The molecular weight excluding hydrogens is 503 g/mol. The zero-order valence-electron chi connectivity index (χ0n) is 18.4. The molecule has 30 heavy (non-hydrogen) atoms. The summed E-state index contributed by atoms with van der Waals surface area (Å²) in [5, 5.41) is 3.06. The van der Waals surface area contributed by atoms with Crippen molar-refractivity contribution in [2.45, 2.75) is 40.8 Å². The van der Waals surface area contributed by atoms with Crippen molar-refractivity contribution >= 4 is 18.4 Å². The Morgan fingerprint density at radius 3 is 1.30 bits per heavy atom. The molecule has 0 aromatic carbocycles. The number of aryl methyl sites for hydroxylation is 4. The van der Waals surface area contributed by atoms with Gasteiger partial charge in [-0.05, 0) is 13.8 Å². The zero-order valence-corrected chi connectivity index (χ0v) is 23.3. The van der Waals surface area contributed by atoms with E-state index in [4.69, 9.17) is 0 Å². The van der Waals surface area contributed by atoms with Crippen LogP contribution in [0.3, 0.4) is 0 Å². The molecule has 0 bridgehead atoms. The van der Waals surface area contributed by atoms with Gasteiger partial charge < -0.3 is 24.8 Å². The summed E-state index contributed by atoms with van der Waals surface area (Å²) >= 11 is 0. The summed E-state index contributed by atoms with van der Waals surface area (Å²) in [6, 6.07) is 24.7. The van der Waals surface area contributed by atoms with E-state index in [0.717, 1.165) is 0 Å². The Kier molecular flexibility index (Phi) is 9.16.